The van der Waals surface area contributed by atoms with Crippen LogP contribution in [0.4, 0.5) is 0 Å². The van der Waals surface area contributed by atoms with Crippen LogP contribution in [-0.4, -0.2) is 23.1 Å². The van der Waals surface area contributed by atoms with Crippen LogP contribution in [0.25, 0.3) is 0 Å². The maximum Gasteiger partial charge on any atom is 2.00 e. The van der Waals surface area contributed by atoms with Crippen LogP contribution in [0.5, 0.6) is 0 Å². The van der Waals surface area contributed by atoms with E-state index < -0.39 is 0 Å². The third-order valence-corrected chi connectivity index (χ3v) is 0. The van der Waals surface area contributed by atoms with Gasteiger partial charge in [-0.1, -0.05) is 0 Å². The van der Waals surface area contributed by atoms with Crippen LogP contribution < -0.4 is 0 Å². The molecule has 0 heterocycles. The van der Waals surface area contributed by atoms with Crippen LogP contribution in [0.3, 0.4) is 0 Å². The van der Waals surface area contributed by atoms with Crippen LogP contribution in [0, 0.1) is 0 Å². The molecule has 0 aliphatic heterocycles. The number of hydrogen-bond donors (Lipinski definition) is 0. The van der Waals surface area contributed by atoms with Crippen molar-refractivity contribution < 1.29 is 92.3 Å². The van der Waals surface area contributed by atoms with Crippen molar-refractivity contribution in [2.45, 2.75) is 0 Å². The van der Waals surface area contributed by atoms with E-state index in [0.29, 0.717) is 0 Å². The zero-order valence-corrected chi connectivity index (χ0v) is 10.0. The molecule has 41 valence electrons. The van der Waals surface area contributed by atoms with Crippen molar-refractivity contribution >= 4 is 23.1 Å². The zero-order valence-electron chi connectivity index (χ0n) is 4.62. The SMILES string of the molecule is [Co].[Cr].[Fe].[H-].[H-].[Mg+2].[Ni].[Ti]. The van der Waals surface area contributed by atoms with E-state index in [1.165, 1.54) is 0 Å². The van der Waals surface area contributed by atoms with Gasteiger partial charge in [0, 0.05) is 89.4 Å². The van der Waals surface area contributed by atoms with Crippen LogP contribution >= 0.6 is 0 Å². The molecule has 0 spiro atoms. The minimum atomic E-state index is 0. The molecule has 0 unspecified atom stereocenters. The Morgan fingerprint density at radius 3 is 1.17 bits per heavy atom. The van der Waals surface area contributed by atoms with Gasteiger partial charge in [-0.15, -0.1) is 0 Å². The van der Waals surface area contributed by atoms with E-state index >= 15 is 0 Å². The molecule has 0 fully saturated rings. The normalized spacial score (nSPS) is 0. The first-order valence-electron chi connectivity index (χ1n) is 0. The van der Waals surface area contributed by atoms with Crippen molar-refractivity contribution in [3.8, 4) is 0 Å². The summed E-state index contributed by atoms with van der Waals surface area (Å²) in [6.07, 6.45) is 0. The quantitative estimate of drug-likeness (QED) is 0.545. The first kappa shape index (κ1) is 55.6. The van der Waals surface area contributed by atoms with Crippen LogP contribution in [-0.2, 0) is 89.4 Å². The largest absolute Gasteiger partial charge is 2.00 e. The zero-order chi connectivity index (χ0) is 0. The van der Waals surface area contributed by atoms with Gasteiger partial charge < -0.3 is 2.85 Å². The third-order valence-electron chi connectivity index (χ3n) is 0. The van der Waals surface area contributed by atoms with E-state index in [2.05, 4.69) is 0 Å². The molecule has 0 atom stereocenters. The molecular formula is H2CoCrFeMgNiTi. The average Bonchev–Trinajstić information content (AvgIpc) is 0. The fourth-order valence-corrected chi connectivity index (χ4v) is 0. The van der Waals surface area contributed by atoms with Crippen LogP contribution in [0.1, 0.15) is 2.85 Å². The number of hydrogen-bond acceptors (Lipinski definition) is 0. The maximum absolute atomic E-state index is 0. The van der Waals surface area contributed by atoms with Crippen LogP contribution in [0.15, 0.2) is 0 Å². The van der Waals surface area contributed by atoms with Gasteiger partial charge >= 0.3 is 23.1 Å². The molecule has 0 saturated heterocycles. The Morgan fingerprint density at radius 2 is 1.17 bits per heavy atom. The topological polar surface area (TPSA) is 0 Å². The van der Waals surface area contributed by atoms with Gasteiger partial charge in [0.05, 0.1) is 0 Å². The molecule has 0 aliphatic carbocycles. The molecule has 6 heavy (non-hydrogen) atoms. The first-order chi connectivity index (χ1) is 0. The predicted molar refractivity (Wildman–Crippen MR) is 7.98 cm³/mol. The fourth-order valence-electron chi connectivity index (χ4n) is 0. The fraction of sp³-hybridized carbons (Fsp3) is 0. The molecule has 0 aromatic carbocycles. The Balaban J connectivity index is 0. The summed E-state index contributed by atoms with van der Waals surface area (Å²) in [6.45, 7) is 0. The summed E-state index contributed by atoms with van der Waals surface area (Å²) in [5.74, 6) is 0. The second-order valence-corrected chi connectivity index (χ2v) is 0. The summed E-state index contributed by atoms with van der Waals surface area (Å²) in [6, 6.07) is 0. The van der Waals surface area contributed by atoms with E-state index in [9.17, 15) is 0 Å². The summed E-state index contributed by atoms with van der Waals surface area (Å²) >= 11 is 0. The first-order valence-corrected chi connectivity index (χ1v) is 0. The summed E-state index contributed by atoms with van der Waals surface area (Å²) in [5.41, 5.74) is 0. The van der Waals surface area contributed by atoms with Gasteiger partial charge in [-0.2, -0.15) is 0 Å². The summed E-state index contributed by atoms with van der Waals surface area (Å²) < 4.78 is 0. The summed E-state index contributed by atoms with van der Waals surface area (Å²) in [5, 5.41) is 0. The van der Waals surface area contributed by atoms with Gasteiger partial charge in [0.1, 0.15) is 0 Å². The van der Waals surface area contributed by atoms with Gasteiger partial charge in [-0.05, 0) is 0 Å². The molecule has 6 heteroatoms. The van der Waals surface area contributed by atoms with Gasteiger partial charge in [-0.25, -0.2) is 0 Å². The molecule has 1 radical (unpaired) electrons. The van der Waals surface area contributed by atoms with Gasteiger partial charge in [-0.3, -0.25) is 0 Å². The van der Waals surface area contributed by atoms with Crippen molar-refractivity contribution in [1.82, 2.24) is 0 Å². The smallest absolute Gasteiger partial charge is 1.00 e. The van der Waals surface area contributed by atoms with E-state index in [-0.39, 0.29) is 115 Å². The molecule has 0 bridgehead atoms. The summed E-state index contributed by atoms with van der Waals surface area (Å²) in [7, 11) is 0. The van der Waals surface area contributed by atoms with Gasteiger partial charge in [0.15, 0.2) is 0 Å². The van der Waals surface area contributed by atoms with E-state index in [0.717, 1.165) is 0 Å². The van der Waals surface area contributed by atoms with E-state index in [1.54, 1.807) is 0 Å². The monoisotopic (exact) mass is 299 g/mol. The van der Waals surface area contributed by atoms with Crippen molar-refractivity contribution in [1.29, 1.82) is 0 Å². The Kier molecular flexibility index (Phi) is 360. The maximum atomic E-state index is 0. The second kappa shape index (κ2) is 38.8. The standard InChI is InChI=1S/Co.Cr.Fe.Mg.Ni.Ti.2H/q;;;+2;;;2*-1. The van der Waals surface area contributed by atoms with Crippen molar-refractivity contribution in [3.63, 3.8) is 0 Å². The van der Waals surface area contributed by atoms with Gasteiger partial charge in [0.2, 0.25) is 0 Å². The van der Waals surface area contributed by atoms with E-state index in [4.69, 9.17) is 0 Å². The summed E-state index contributed by atoms with van der Waals surface area (Å²) in [4.78, 5) is 0. The van der Waals surface area contributed by atoms with Gasteiger partial charge in [0.25, 0.3) is 0 Å². The minimum absolute atomic E-state index is 0. The molecule has 0 amide bonds. The molecule has 0 saturated carbocycles. The Hall–Kier alpha value is 3.53. The Bertz CT molecular complexity index is 22.0. The molecule has 0 aromatic heterocycles. The van der Waals surface area contributed by atoms with E-state index in [1.807, 2.05) is 0 Å². The Labute approximate surface area is 113 Å². The average molecular weight is 300 g/mol. The molecule has 0 N–H and O–H groups in total. The molecule has 0 nitrogen and oxygen atoms in total. The van der Waals surface area contributed by atoms with Crippen molar-refractivity contribution in [2.24, 2.45) is 0 Å². The Morgan fingerprint density at radius 1 is 1.17 bits per heavy atom. The molecule has 0 rings (SSSR count). The van der Waals surface area contributed by atoms with Crippen molar-refractivity contribution in [3.05, 3.63) is 0 Å². The molecular weight excluding hydrogens is 298 g/mol. The van der Waals surface area contributed by atoms with Crippen LogP contribution in [0.2, 0.25) is 0 Å². The minimum Gasteiger partial charge on any atom is -1.00 e. The predicted octanol–water partition coefficient (Wildman–Crippen LogP) is -0.168. The second-order valence-electron chi connectivity index (χ2n) is 0. The number of rotatable bonds is 0. The third kappa shape index (κ3) is 25.8. The van der Waals surface area contributed by atoms with Crippen molar-refractivity contribution in [2.75, 3.05) is 0 Å². The molecule has 0 aliphatic rings. The molecule has 0 aromatic rings.